The number of nitrogens with one attached hydrogen (secondary N) is 1. The fraction of sp³-hybridized carbons (Fsp3) is 0.312. The molecule has 1 fully saturated rings. The summed E-state index contributed by atoms with van der Waals surface area (Å²) in [5.41, 5.74) is 1.30. The van der Waals surface area contributed by atoms with Crippen molar-refractivity contribution in [2.24, 2.45) is 7.05 Å². The minimum atomic E-state index is -0.545. The van der Waals surface area contributed by atoms with Gasteiger partial charge in [0.05, 0.1) is 18.3 Å². The summed E-state index contributed by atoms with van der Waals surface area (Å²) in [5, 5.41) is 6.77. The second-order valence-electron chi connectivity index (χ2n) is 5.58. The van der Waals surface area contributed by atoms with Gasteiger partial charge in [0.15, 0.2) is 0 Å². The summed E-state index contributed by atoms with van der Waals surface area (Å²) in [6, 6.07) is 5.34. The maximum atomic E-state index is 13.1. The minimum Gasteiger partial charge on any atom is -0.344 e. The van der Waals surface area contributed by atoms with E-state index in [9.17, 15) is 14.0 Å². The maximum Gasteiger partial charge on any atom is 0.249 e. The second-order valence-corrected chi connectivity index (χ2v) is 5.58. The topological polar surface area (TPSA) is 67.2 Å². The highest BCUT2D eigenvalue weighted by Gasteiger charge is 2.34. The molecule has 1 aliphatic rings. The quantitative estimate of drug-likeness (QED) is 0.916. The third-order valence-corrected chi connectivity index (χ3v) is 3.80. The molecule has 1 atom stereocenters. The monoisotopic (exact) mass is 316 g/mol. The minimum absolute atomic E-state index is 0.0500. The number of rotatable bonds is 4. The van der Waals surface area contributed by atoms with Gasteiger partial charge in [-0.1, -0.05) is 12.1 Å². The molecule has 1 saturated heterocycles. The van der Waals surface area contributed by atoms with Gasteiger partial charge in [-0.2, -0.15) is 5.10 Å². The molecule has 1 N–H and O–H groups in total. The van der Waals surface area contributed by atoms with Crippen LogP contribution < -0.4 is 10.2 Å². The van der Waals surface area contributed by atoms with Gasteiger partial charge in [-0.05, 0) is 24.1 Å². The van der Waals surface area contributed by atoms with E-state index in [0.717, 1.165) is 5.69 Å². The molecule has 1 aliphatic heterocycles. The predicted molar refractivity (Wildman–Crippen MR) is 82.2 cm³/mol. The van der Waals surface area contributed by atoms with Crippen molar-refractivity contribution in [3.8, 4) is 0 Å². The molecule has 120 valence electrons. The summed E-state index contributed by atoms with van der Waals surface area (Å²) >= 11 is 0. The number of carbonyl (C=O) groups excluding carboxylic acids is 2. The number of hydrogen-bond acceptors (Lipinski definition) is 3. The van der Waals surface area contributed by atoms with Gasteiger partial charge in [-0.15, -0.1) is 0 Å². The average Bonchev–Trinajstić information content (AvgIpc) is 3.06. The molecule has 2 heterocycles. The van der Waals surface area contributed by atoms with Crippen LogP contribution in [0.3, 0.4) is 0 Å². The molecule has 1 aromatic heterocycles. The Hall–Kier alpha value is -2.70. The van der Waals surface area contributed by atoms with Crippen LogP contribution in [0.5, 0.6) is 0 Å². The molecule has 3 rings (SSSR count). The van der Waals surface area contributed by atoms with Crippen LogP contribution in [0.15, 0.2) is 36.7 Å². The summed E-state index contributed by atoms with van der Waals surface area (Å²) in [6.45, 7) is 0.537. The highest BCUT2D eigenvalue weighted by atomic mass is 19.1. The first-order chi connectivity index (χ1) is 11.0. The van der Waals surface area contributed by atoms with E-state index < -0.39 is 6.04 Å². The normalized spacial score (nSPS) is 17.6. The lowest BCUT2D eigenvalue weighted by molar-refractivity contribution is -0.126. The van der Waals surface area contributed by atoms with Gasteiger partial charge in [-0.3, -0.25) is 14.3 Å². The first-order valence-corrected chi connectivity index (χ1v) is 7.37. The number of aryl methyl sites for hydroxylation is 1. The van der Waals surface area contributed by atoms with Crippen molar-refractivity contribution in [3.63, 3.8) is 0 Å². The molecule has 0 saturated carbocycles. The number of nitrogens with zero attached hydrogens (tertiary/aromatic N) is 3. The third-order valence-electron chi connectivity index (χ3n) is 3.80. The van der Waals surface area contributed by atoms with Gasteiger partial charge in [0.25, 0.3) is 0 Å². The number of benzene rings is 1. The van der Waals surface area contributed by atoms with Gasteiger partial charge in [0, 0.05) is 19.8 Å². The van der Waals surface area contributed by atoms with E-state index >= 15 is 0 Å². The summed E-state index contributed by atoms with van der Waals surface area (Å²) < 4.78 is 14.7. The van der Waals surface area contributed by atoms with E-state index in [4.69, 9.17) is 0 Å². The maximum absolute atomic E-state index is 13.1. The van der Waals surface area contributed by atoms with Crippen LogP contribution in [0.4, 0.5) is 10.1 Å². The number of hydrogen-bond donors (Lipinski definition) is 1. The third kappa shape index (κ3) is 3.39. The second kappa shape index (κ2) is 6.20. The van der Waals surface area contributed by atoms with Crippen molar-refractivity contribution in [2.75, 3.05) is 11.4 Å². The molecule has 0 radical (unpaired) electrons. The number of carbonyl (C=O) groups is 2. The van der Waals surface area contributed by atoms with Crippen LogP contribution in [-0.2, 0) is 23.1 Å². The van der Waals surface area contributed by atoms with Crippen molar-refractivity contribution in [1.29, 1.82) is 0 Å². The Kier molecular flexibility index (Phi) is 4.10. The highest BCUT2D eigenvalue weighted by molar-refractivity contribution is 6.01. The van der Waals surface area contributed by atoms with Gasteiger partial charge in [0.1, 0.15) is 11.9 Å². The van der Waals surface area contributed by atoms with Gasteiger partial charge >= 0.3 is 0 Å². The number of halogens is 1. The van der Waals surface area contributed by atoms with Crippen LogP contribution >= 0.6 is 0 Å². The number of anilines is 1. The zero-order valence-corrected chi connectivity index (χ0v) is 12.7. The van der Waals surface area contributed by atoms with Crippen LogP contribution in [0.25, 0.3) is 0 Å². The molecule has 0 aliphatic carbocycles. The van der Waals surface area contributed by atoms with Crippen LogP contribution in [0.2, 0.25) is 0 Å². The fourth-order valence-electron chi connectivity index (χ4n) is 2.70. The predicted octanol–water partition coefficient (Wildman–Crippen LogP) is 1.02. The molecule has 2 amide bonds. The number of amides is 2. The molecule has 2 aromatic rings. The largest absolute Gasteiger partial charge is 0.344 e. The summed E-state index contributed by atoms with van der Waals surface area (Å²) in [5.74, 6) is -0.817. The molecule has 0 unspecified atom stereocenters. The van der Waals surface area contributed by atoms with Crippen molar-refractivity contribution < 1.29 is 14.0 Å². The first-order valence-electron chi connectivity index (χ1n) is 7.37. The van der Waals surface area contributed by atoms with Crippen molar-refractivity contribution >= 4 is 17.5 Å². The lowest BCUT2D eigenvalue weighted by atomic mass is 10.1. The van der Waals surface area contributed by atoms with E-state index in [2.05, 4.69) is 10.4 Å². The lowest BCUT2D eigenvalue weighted by Crippen LogP contribution is -2.42. The Balaban J connectivity index is 1.60. The summed E-state index contributed by atoms with van der Waals surface area (Å²) in [6.07, 6.45) is 3.97. The molecular weight excluding hydrogens is 299 g/mol. The molecule has 23 heavy (non-hydrogen) atoms. The van der Waals surface area contributed by atoms with E-state index in [1.807, 2.05) is 0 Å². The van der Waals surface area contributed by atoms with Crippen molar-refractivity contribution in [3.05, 3.63) is 48.0 Å². The smallest absolute Gasteiger partial charge is 0.249 e. The van der Waals surface area contributed by atoms with Gasteiger partial charge < -0.3 is 10.2 Å². The highest BCUT2D eigenvalue weighted by Crippen LogP contribution is 2.20. The van der Waals surface area contributed by atoms with Crippen molar-refractivity contribution in [2.45, 2.75) is 18.9 Å². The SMILES string of the molecule is Cn1cc(N2CC[C@@H](NC(=O)Cc3cccc(F)c3)C2=O)cn1. The van der Waals surface area contributed by atoms with Crippen LogP contribution in [0, 0.1) is 5.82 Å². The molecule has 1 aromatic carbocycles. The summed E-state index contributed by atoms with van der Waals surface area (Å²) in [7, 11) is 1.78. The molecule has 7 heteroatoms. The van der Waals surface area contributed by atoms with E-state index in [-0.39, 0.29) is 24.1 Å². The molecular formula is C16H17FN4O2. The van der Waals surface area contributed by atoms with E-state index in [1.54, 1.807) is 41.2 Å². The number of aromatic nitrogens is 2. The standard InChI is InChI=1S/C16H17FN4O2/c1-20-10-13(9-18-20)21-6-5-14(16(21)23)19-15(22)8-11-3-2-4-12(17)7-11/h2-4,7,9-10,14H,5-6,8H2,1H3,(H,19,22)/t14-/m1/s1. The Bertz CT molecular complexity index is 743. The van der Waals surface area contributed by atoms with Crippen LogP contribution in [-0.4, -0.2) is 34.2 Å². The van der Waals surface area contributed by atoms with Crippen molar-refractivity contribution in [1.82, 2.24) is 15.1 Å². The molecule has 0 spiro atoms. The zero-order valence-electron chi connectivity index (χ0n) is 12.7. The lowest BCUT2D eigenvalue weighted by Gasteiger charge is -2.15. The Morgan fingerprint density at radius 2 is 2.30 bits per heavy atom. The Morgan fingerprint density at radius 3 is 3.00 bits per heavy atom. The Labute approximate surface area is 132 Å². The van der Waals surface area contributed by atoms with Gasteiger partial charge in [-0.25, -0.2) is 4.39 Å². The summed E-state index contributed by atoms with van der Waals surface area (Å²) in [4.78, 5) is 26.0. The zero-order chi connectivity index (χ0) is 16.4. The molecule has 6 nitrogen and oxygen atoms in total. The van der Waals surface area contributed by atoms with E-state index in [1.165, 1.54) is 12.1 Å². The fourth-order valence-corrected chi connectivity index (χ4v) is 2.70. The first kappa shape index (κ1) is 15.2. The Morgan fingerprint density at radius 1 is 1.48 bits per heavy atom. The molecule has 0 bridgehead atoms. The average molecular weight is 316 g/mol. The van der Waals surface area contributed by atoms with Crippen LogP contribution in [0.1, 0.15) is 12.0 Å². The van der Waals surface area contributed by atoms with E-state index in [0.29, 0.717) is 18.5 Å². The van der Waals surface area contributed by atoms with Gasteiger partial charge in [0.2, 0.25) is 11.8 Å².